The summed E-state index contributed by atoms with van der Waals surface area (Å²) in [5, 5.41) is 8.09. The van der Waals surface area contributed by atoms with E-state index in [4.69, 9.17) is 10.8 Å². The zero-order valence-corrected chi connectivity index (χ0v) is 21.2. The quantitative estimate of drug-likeness (QED) is 0.237. The summed E-state index contributed by atoms with van der Waals surface area (Å²) in [6.07, 6.45) is 6.02. The third-order valence-electron chi connectivity index (χ3n) is 6.68. The highest BCUT2D eigenvalue weighted by atomic mass is 16.2. The number of carbonyl (C=O) groups excluding carboxylic acids is 1. The maximum Gasteiger partial charge on any atom is 0.245 e. The molecule has 188 valence electrons. The van der Waals surface area contributed by atoms with E-state index < -0.39 is 0 Å². The molecule has 0 radical (unpaired) electrons. The molecule has 0 aliphatic carbocycles. The van der Waals surface area contributed by atoms with Crippen molar-refractivity contribution in [2.45, 2.75) is 32.7 Å². The Bertz CT molecular complexity index is 1350. The van der Waals surface area contributed by atoms with E-state index in [1.54, 1.807) is 4.90 Å². The molecule has 2 aromatic carbocycles. The molecule has 0 saturated carbocycles. The molecule has 0 bridgehead atoms. The van der Waals surface area contributed by atoms with Gasteiger partial charge < -0.3 is 15.5 Å². The molecular formula is C28H35N7O. The van der Waals surface area contributed by atoms with E-state index in [1.807, 2.05) is 23.9 Å². The van der Waals surface area contributed by atoms with Crippen molar-refractivity contribution in [2.75, 3.05) is 39.0 Å². The fourth-order valence-electron chi connectivity index (χ4n) is 4.48. The lowest BCUT2D eigenvalue weighted by Crippen LogP contribution is -2.36. The van der Waals surface area contributed by atoms with Crippen LogP contribution in [0.4, 0.5) is 5.82 Å². The molecule has 4 aromatic rings. The zero-order valence-electron chi connectivity index (χ0n) is 21.2. The molecule has 0 saturated heterocycles. The van der Waals surface area contributed by atoms with Gasteiger partial charge in [0.2, 0.25) is 5.91 Å². The highest BCUT2D eigenvalue weighted by molar-refractivity contribution is 6.00. The number of rotatable bonds is 12. The number of hydrogen-bond donors (Lipinski definition) is 1. The minimum atomic E-state index is -0.0370. The van der Waals surface area contributed by atoms with E-state index >= 15 is 0 Å². The van der Waals surface area contributed by atoms with E-state index in [0.717, 1.165) is 73.1 Å². The van der Waals surface area contributed by atoms with Crippen molar-refractivity contribution >= 4 is 33.5 Å². The lowest BCUT2D eigenvalue weighted by Gasteiger charge is -2.23. The molecule has 2 N–H and O–H groups in total. The first kappa shape index (κ1) is 25.3. The third kappa shape index (κ3) is 5.71. The van der Waals surface area contributed by atoms with Crippen molar-refractivity contribution in [3.63, 3.8) is 0 Å². The van der Waals surface area contributed by atoms with Gasteiger partial charge in [-0.25, -0.2) is 14.6 Å². The molecule has 2 heterocycles. The van der Waals surface area contributed by atoms with Crippen LogP contribution in [0, 0.1) is 0 Å². The molecule has 36 heavy (non-hydrogen) atoms. The van der Waals surface area contributed by atoms with Gasteiger partial charge in [-0.2, -0.15) is 5.10 Å². The molecule has 0 atom stereocenters. The maximum atomic E-state index is 11.7. The summed E-state index contributed by atoms with van der Waals surface area (Å²) in [4.78, 5) is 24.5. The van der Waals surface area contributed by atoms with Crippen molar-refractivity contribution < 1.29 is 4.79 Å². The first-order valence-corrected chi connectivity index (χ1v) is 12.6. The van der Waals surface area contributed by atoms with E-state index in [-0.39, 0.29) is 5.91 Å². The molecule has 0 fully saturated rings. The van der Waals surface area contributed by atoms with Gasteiger partial charge in [0.25, 0.3) is 0 Å². The van der Waals surface area contributed by atoms with Crippen LogP contribution in [0.2, 0.25) is 0 Å². The van der Waals surface area contributed by atoms with E-state index in [9.17, 15) is 4.79 Å². The van der Waals surface area contributed by atoms with Crippen LogP contribution >= 0.6 is 0 Å². The van der Waals surface area contributed by atoms with Crippen molar-refractivity contribution in [3.05, 3.63) is 61.4 Å². The summed E-state index contributed by atoms with van der Waals surface area (Å²) in [6.45, 7) is 10.0. The highest BCUT2D eigenvalue weighted by Crippen LogP contribution is 2.32. The Morgan fingerprint density at radius 2 is 1.86 bits per heavy atom. The molecule has 4 rings (SSSR count). The van der Waals surface area contributed by atoms with Gasteiger partial charge in [-0.15, -0.1) is 0 Å². The van der Waals surface area contributed by atoms with Crippen molar-refractivity contribution in [1.29, 1.82) is 0 Å². The molecule has 1 amide bonds. The van der Waals surface area contributed by atoms with Crippen LogP contribution in [0.3, 0.4) is 0 Å². The summed E-state index contributed by atoms with van der Waals surface area (Å²) in [6, 6.07) is 14.6. The number of fused-ring (bicyclic) bond motifs is 2. The monoisotopic (exact) mass is 485 g/mol. The lowest BCUT2D eigenvalue weighted by atomic mass is 10.0. The Morgan fingerprint density at radius 3 is 2.64 bits per heavy atom. The van der Waals surface area contributed by atoms with Crippen LogP contribution in [0.5, 0.6) is 0 Å². The zero-order chi connectivity index (χ0) is 25.5. The van der Waals surface area contributed by atoms with Gasteiger partial charge in [-0.1, -0.05) is 56.3 Å². The first-order chi connectivity index (χ1) is 17.5. The number of hydrogen-bond acceptors (Lipinski definition) is 6. The second-order valence-electron chi connectivity index (χ2n) is 9.05. The van der Waals surface area contributed by atoms with Crippen LogP contribution in [0.25, 0.3) is 33.1 Å². The van der Waals surface area contributed by atoms with Crippen LogP contribution < -0.4 is 5.73 Å². The molecule has 0 spiro atoms. The van der Waals surface area contributed by atoms with Crippen LogP contribution in [-0.2, 0) is 11.3 Å². The standard InChI is InChI=1S/C28H35N7O/c1-4-24(36)33(3)17-18-34(5-2)15-9-6-10-16-35-28-25(27(29)30-20-31-28)26(32-35)23-14-13-21-11-7-8-12-22(21)19-23/h4,7-8,11-14,19-20H,1,5-6,9-10,15-18H2,2-3H3,(H2,29,30,31). The van der Waals surface area contributed by atoms with Gasteiger partial charge >= 0.3 is 0 Å². The van der Waals surface area contributed by atoms with Crippen molar-refractivity contribution in [2.24, 2.45) is 0 Å². The largest absolute Gasteiger partial charge is 0.383 e. The Morgan fingerprint density at radius 1 is 1.06 bits per heavy atom. The van der Waals surface area contributed by atoms with Crippen molar-refractivity contribution in [1.82, 2.24) is 29.5 Å². The third-order valence-corrected chi connectivity index (χ3v) is 6.68. The number of aromatic nitrogens is 4. The Kier molecular flexibility index (Phi) is 8.28. The van der Waals surface area contributed by atoms with Gasteiger partial charge in [-0.3, -0.25) is 4.79 Å². The Balaban J connectivity index is 1.40. The number of nitrogens with zero attached hydrogens (tertiary/aromatic N) is 6. The topological polar surface area (TPSA) is 93.2 Å². The summed E-state index contributed by atoms with van der Waals surface area (Å²) in [5.41, 5.74) is 8.89. The van der Waals surface area contributed by atoms with Crippen LogP contribution in [0.1, 0.15) is 26.2 Å². The molecule has 8 heteroatoms. The number of benzene rings is 2. The molecule has 0 unspecified atom stereocenters. The lowest BCUT2D eigenvalue weighted by molar-refractivity contribution is -0.124. The number of anilines is 1. The van der Waals surface area contributed by atoms with Crippen molar-refractivity contribution in [3.8, 4) is 11.3 Å². The number of nitrogens with two attached hydrogens (primary N) is 1. The number of aryl methyl sites for hydroxylation is 1. The van der Waals surface area contributed by atoms with Gasteiger partial charge in [0.15, 0.2) is 5.65 Å². The number of carbonyl (C=O) groups is 1. The fourth-order valence-corrected chi connectivity index (χ4v) is 4.48. The second-order valence-corrected chi connectivity index (χ2v) is 9.05. The smallest absolute Gasteiger partial charge is 0.245 e. The van der Waals surface area contributed by atoms with Gasteiger partial charge in [0, 0.05) is 32.2 Å². The SMILES string of the molecule is C=CC(=O)N(C)CCN(CC)CCCCCn1nc(-c2ccc3ccccc3c2)c2c(N)ncnc21. The summed E-state index contributed by atoms with van der Waals surface area (Å²) < 4.78 is 1.96. The van der Waals surface area contributed by atoms with E-state index in [0.29, 0.717) is 12.4 Å². The van der Waals surface area contributed by atoms with Crippen LogP contribution in [-0.4, -0.2) is 68.7 Å². The predicted octanol–water partition coefficient (Wildman–Crippen LogP) is 4.37. The minimum Gasteiger partial charge on any atom is -0.383 e. The molecular weight excluding hydrogens is 450 g/mol. The number of unbranched alkanes of at least 4 members (excludes halogenated alkanes) is 2. The summed E-state index contributed by atoms with van der Waals surface area (Å²) in [5.74, 6) is 0.415. The second kappa shape index (κ2) is 11.8. The number of likely N-dealkylation sites (N-methyl/N-ethyl adjacent to an activating group) is 2. The summed E-state index contributed by atoms with van der Waals surface area (Å²) in [7, 11) is 1.81. The molecule has 0 aliphatic heterocycles. The van der Waals surface area contributed by atoms with Gasteiger partial charge in [-0.05, 0) is 48.8 Å². The summed E-state index contributed by atoms with van der Waals surface area (Å²) >= 11 is 0. The van der Waals surface area contributed by atoms with Crippen LogP contribution in [0.15, 0.2) is 61.4 Å². The average molecular weight is 486 g/mol. The molecule has 2 aromatic heterocycles. The van der Waals surface area contributed by atoms with E-state index in [1.165, 1.54) is 17.8 Å². The van der Waals surface area contributed by atoms with Gasteiger partial charge in [0.1, 0.15) is 17.8 Å². The predicted molar refractivity (Wildman–Crippen MR) is 146 cm³/mol. The Labute approximate surface area is 212 Å². The normalized spacial score (nSPS) is 11.4. The minimum absolute atomic E-state index is 0.0370. The molecule has 8 nitrogen and oxygen atoms in total. The van der Waals surface area contributed by atoms with E-state index in [2.05, 4.69) is 58.7 Å². The first-order valence-electron chi connectivity index (χ1n) is 12.6. The average Bonchev–Trinajstić information content (AvgIpc) is 3.29. The maximum absolute atomic E-state index is 11.7. The molecule has 0 aliphatic rings. The Hall–Kier alpha value is -3.78. The fraction of sp³-hybridized carbons (Fsp3) is 0.357. The van der Waals surface area contributed by atoms with Gasteiger partial charge in [0.05, 0.1) is 5.39 Å². The number of amides is 1. The highest BCUT2D eigenvalue weighted by Gasteiger charge is 2.17. The number of nitrogen functional groups attached to an aromatic ring is 1.